The van der Waals surface area contributed by atoms with Crippen LogP contribution in [0.1, 0.15) is 80.3 Å². The van der Waals surface area contributed by atoms with E-state index in [2.05, 4.69) is 52.1 Å². The molecule has 4 aliphatic rings. The largest absolute Gasteiger partial charge is 0.543 e. The van der Waals surface area contributed by atoms with E-state index in [1.54, 1.807) is 6.08 Å². The predicted molar refractivity (Wildman–Crippen MR) is 156 cm³/mol. The SMILES string of the molecule is COC(=O)C=Cc1ccc(-c2ccc(O[Si](C)(C)C(C)(C)C)c(C3C4CC5CC(C4)CC3C5)c2)c(C=O)c1. The van der Waals surface area contributed by atoms with Crippen LogP contribution in [0, 0.1) is 23.7 Å². The lowest BCUT2D eigenvalue weighted by atomic mass is 9.50. The maximum absolute atomic E-state index is 12.2. The Bertz CT molecular complexity index is 1220. The summed E-state index contributed by atoms with van der Waals surface area (Å²) in [5.74, 6) is 4.47. The molecule has 202 valence electrons. The highest BCUT2D eigenvalue weighted by Gasteiger charge is 2.50. The van der Waals surface area contributed by atoms with E-state index in [1.807, 2.05) is 18.2 Å². The summed E-state index contributed by atoms with van der Waals surface area (Å²) in [5.41, 5.74) is 4.74. The van der Waals surface area contributed by atoms with Gasteiger partial charge in [-0.15, -0.1) is 0 Å². The zero-order valence-electron chi connectivity index (χ0n) is 23.8. The number of carbonyl (C=O) groups is 2. The van der Waals surface area contributed by atoms with Crippen LogP contribution in [0.3, 0.4) is 0 Å². The van der Waals surface area contributed by atoms with E-state index in [-0.39, 0.29) is 5.04 Å². The van der Waals surface area contributed by atoms with Gasteiger partial charge >= 0.3 is 5.97 Å². The topological polar surface area (TPSA) is 52.6 Å². The fourth-order valence-corrected chi connectivity index (χ4v) is 8.25. The Balaban J connectivity index is 1.56. The van der Waals surface area contributed by atoms with Gasteiger partial charge in [-0.1, -0.05) is 39.0 Å². The van der Waals surface area contributed by atoms with E-state index >= 15 is 0 Å². The van der Waals surface area contributed by atoms with Crippen molar-refractivity contribution >= 4 is 26.6 Å². The van der Waals surface area contributed by atoms with Crippen molar-refractivity contribution in [1.82, 2.24) is 0 Å². The van der Waals surface area contributed by atoms with Gasteiger partial charge in [-0.3, -0.25) is 4.79 Å². The van der Waals surface area contributed by atoms with Crippen molar-refractivity contribution in [3.05, 3.63) is 59.2 Å². The van der Waals surface area contributed by atoms with E-state index in [9.17, 15) is 9.59 Å². The van der Waals surface area contributed by atoms with Gasteiger partial charge in [0.15, 0.2) is 6.29 Å². The Morgan fingerprint density at radius 3 is 2.18 bits per heavy atom. The first-order valence-electron chi connectivity index (χ1n) is 14.2. The summed E-state index contributed by atoms with van der Waals surface area (Å²) < 4.78 is 11.7. The van der Waals surface area contributed by atoms with Crippen LogP contribution in [0.2, 0.25) is 18.1 Å². The van der Waals surface area contributed by atoms with Crippen LogP contribution in [0.5, 0.6) is 5.75 Å². The molecule has 0 unspecified atom stereocenters. The smallest absolute Gasteiger partial charge is 0.330 e. The molecule has 4 aliphatic carbocycles. The molecule has 0 aromatic heterocycles. The van der Waals surface area contributed by atoms with Crippen LogP contribution in [-0.2, 0) is 9.53 Å². The fraction of sp³-hybridized carbons (Fsp3) is 0.515. The first-order chi connectivity index (χ1) is 18.0. The quantitative estimate of drug-likeness (QED) is 0.156. The van der Waals surface area contributed by atoms with Gasteiger partial charge in [0.1, 0.15) is 5.75 Å². The van der Waals surface area contributed by atoms with E-state index in [0.29, 0.717) is 11.5 Å². The molecule has 4 fully saturated rings. The van der Waals surface area contributed by atoms with Gasteiger partial charge in [0.05, 0.1) is 7.11 Å². The number of hydrogen-bond donors (Lipinski definition) is 0. The van der Waals surface area contributed by atoms with E-state index < -0.39 is 14.3 Å². The third kappa shape index (κ3) is 5.14. The normalized spacial score (nSPS) is 26.5. The highest BCUT2D eigenvalue weighted by molar-refractivity contribution is 6.74. The summed E-state index contributed by atoms with van der Waals surface area (Å²) in [4.78, 5) is 23.7. The summed E-state index contributed by atoms with van der Waals surface area (Å²) >= 11 is 0. The van der Waals surface area contributed by atoms with Gasteiger partial charge in [0.2, 0.25) is 8.32 Å². The molecule has 2 aromatic carbocycles. The Morgan fingerprint density at radius 2 is 1.61 bits per heavy atom. The zero-order valence-corrected chi connectivity index (χ0v) is 24.8. The molecule has 4 bridgehead atoms. The number of ether oxygens (including phenoxy) is 1. The molecule has 6 rings (SSSR count). The van der Waals surface area contributed by atoms with Crippen molar-refractivity contribution in [3.8, 4) is 16.9 Å². The highest BCUT2D eigenvalue weighted by Crippen LogP contribution is 2.61. The average Bonchev–Trinajstić information content (AvgIpc) is 2.86. The Labute approximate surface area is 228 Å². The molecule has 4 nitrogen and oxygen atoms in total. The molecule has 0 N–H and O–H groups in total. The van der Waals surface area contributed by atoms with Gasteiger partial charge in [-0.05, 0) is 126 Å². The fourth-order valence-electron chi connectivity index (χ4n) is 7.21. The van der Waals surface area contributed by atoms with Crippen molar-refractivity contribution in [1.29, 1.82) is 0 Å². The summed E-state index contributed by atoms with van der Waals surface area (Å²) in [6.07, 6.45) is 10.8. The van der Waals surface area contributed by atoms with Crippen molar-refractivity contribution in [2.75, 3.05) is 7.11 Å². The van der Waals surface area contributed by atoms with Gasteiger partial charge in [0.25, 0.3) is 0 Å². The number of benzene rings is 2. The van der Waals surface area contributed by atoms with Crippen LogP contribution in [0.4, 0.5) is 0 Å². The number of esters is 1. The minimum absolute atomic E-state index is 0.116. The molecule has 5 heteroatoms. The van der Waals surface area contributed by atoms with Crippen molar-refractivity contribution < 1.29 is 18.8 Å². The number of hydrogen-bond acceptors (Lipinski definition) is 4. The molecular formula is C33H42O4Si. The first-order valence-corrected chi connectivity index (χ1v) is 17.1. The highest BCUT2D eigenvalue weighted by atomic mass is 28.4. The van der Waals surface area contributed by atoms with Gasteiger partial charge in [-0.25, -0.2) is 4.79 Å². The minimum Gasteiger partial charge on any atom is -0.543 e. The second kappa shape index (κ2) is 10.1. The molecule has 0 aliphatic heterocycles. The molecule has 2 aromatic rings. The number of aldehydes is 1. The lowest BCUT2D eigenvalue weighted by molar-refractivity contribution is -0.134. The van der Waals surface area contributed by atoms with Crippen LogP contribution in [0.25, 0.3) is 17.2 Å². The third-order valence-electron chi connectivity index (χ3n) is 9.89. The molecule has 0 heterocycles. The predicted octanol–water partition coefficient (Wildman–Crippen LogP) is 8.28. The lowest BCUT2D eigenvalue weighted by Crippen LogP contribution is -2.46. The van der Waals surface area contributed by atoms with Gasteiger partial charge in [-0.2, -0.15) is 0 Å². The van der Waals surface area contributed by atoms with E-state index in [1.165, 1.54) is 50.9 Å². The average molecular weight is 531 g/mol. The molecule has 0 amide bonds. The zero-order chi connectivity index (χ0) is 27.2. The van der Waals surface area contributed by atoms with Crippen LogP contribution >= 0.6 is 0 Å². The molecule has 0 atom stereocenters. The second-order valence-electron chi connectivity index (χ2n) is 13.4. The molecular weight excluding hydrogens is 488 g/mol. The molecule has 4 saturated carbocycles. The molecule has 0 saturated heterocycles. The second-order valence-corrected chi connectivity index (χ2v) is 18.1. The third-order valence-corrected chi connectivity index (χ3v) is 14.2. The monoisotopic (exact) mass is 530 g/mol. The summed E-state index contributed by atoms with van der Waals surface area (Å²) in [6, 6.07) is 12.4. The maximum atomic E-state index is 12.2. The van der Waals surface area contributed by atoms with Crippen LogP contribution in [0.15, 0.2) is 42.5 Å². The minimum atomic E-state index is -2.03. The van der Waals surface area contributed by atoms with Crippen molar-refractivity contribution in [2.24, 2.45) is 23.7 Å². The summed E-state index contributed by atoms with van der Waals surface area (Å²) in [7, 11) is -0.673. The van der Waals surface area contributed by atoms with Crippen LogP contribution < -0.4 is 4.43 Å². The molecule has 38 heavy (non-hydrogen) atoms. The van der Waals surface area contributed by atoms with E-state index in [0.717, 1.165) is 52.4 Å². The maximum Gasteiger partial charge on any atom is 0.330 e. The van der Waals surface area contributed by atoms with Gasteiger partial charge < -0.3 is 9.16 Å². The summed E-state index contributed by atoms with van der Waals surface area (Å²) in [5, 5.41) is 0.116. The van der Waals surface area contributed by atoms with Crippen molar-refractivity contribution in [3.63, 3.8) is 0 Å². The van der Waals surface area contributed by atoms with Crippen molar-refractivity contribution in [2.45, 2.75) is 76.9 Å². The Kier molecular flexibility index (Phi) is 7.19. The summed E-state index contributed by atoms with van der Waals surface area (Å²) in [6.45, 7) is 11.5. The lowest BCUT2D eigenvalue weighted by Gasteiger charge is -2.55. The molecule has 0 spiro atoms. The number of carbonyl (C=O) groups excluding carboxylic acids is 2. The number of rotatable bonds is 7. The van der Waals surface area contributed by atoms with Crippen LogP contribution in [-0.4, -0.2) is 27.7 Å². The van der Waals surface area contributed by atoms with Gasteiger partial charge in [0, 0.05) is 11.6 Å². The first kappa shape index (κ1) is 26.9. The number of methoxy groups -OCH3 is 1. The van der Waals surface area contributed by atoms with E-state index in [4.69, 9.17) is 9.16 Å². The Hall–Kier alpha value is -2.66. The standard InChI is InChI=1S/C33H42O4Si/c1-33(2,3)38(5,6)37-30-11-9-24(28-10-7-21(14-27(28)20-34)8-12-31(35)36-4)19-29(30)32-25-15-22-13-23(17-25)18-26(32)16-22/h7-12,14,19-20,22-23,25-26,32H,13,15-18H2,1-6H3. The molecule has 0 radical (unpaired) electrons. The Morgan fingerprint density at radius 1 is 0.947 bits per heavy atom.